The molecule has 3 rings (SSSR count). The zero-order valence-corrected chi connectivity index (χ0v) is 18.5. The molecule has 2 amide bonds. The molecule has 0 unspecified atom stereocenters. The first-order chi connectivity index (χ1) is 14.8. The second-order valence-electron chi connectivity index (χ2n) is 8.63. The van der Waals surface area contributed by atoms with E-state index in [-0.39, 0.29) is 23.7 Å². The van der Waals surface area contributed by atoms with Crippen molar-refractivity contribution in [3.63, 3.8) is 0 Å². The third-order valence-corrected chi connectivity index (χ3v) is 5.97. The monoisotopic (exact) mass is 428 g/mol. The number of nitrogens with one attached hydrogen (secondary N) is 4. The van der Waals surface area contributed by atoms with Crippen LogP contribution in [-0.4, -0.2) is 50.6 Å². The Balaban J connectivity index is 1.43. The topological polar surface area (TPSA) is 67.1 Å². The molecule has 1 fully saturated rings. The quantitative estimate of drug-likeness (QED) is 0.525. The SMILES string of the molecule is CC(C)c1ccc(NC(=O)[C@H](C)[NH+]2CC[NH+](CC(=O)Nc3cccc(F)c3)CC2)cc1. The van der Waals surface area contributed by atoms with Gasteiger partial charge in [0.05, 0.1) is 0 Å². The van der Waals surface area contributed by atoms with Gasteiger partial charge in [0.2, 0.25) is 0 Å². The van der Waals surface area contributed by atoms with Crippen LogP contribution in [0.1, 0.15) is 32.3 Å². The molecule has 0 aliphatic carbocycles. The fraction of sp³-hybridized carbons (Fsp3) is 0.417. The van der Waals surface area contributed by atoms with Gasteiger partial charge in [0.15, 0.2) is 12.6 Å². The molecule has 1 atom stereocenters. The molecule has 2 aromatic carbocycles. The first-order valence-corrected chi connectivity index (χ1v) is 11.0. The first kappa shape index (κ1) is 22.9. The number of hydrogen-bond acceptors (Lipinski definition) is 2. The lowest BCUT2D eigenvalue weighted by Gasteiger charge is -2.32. The molecule has 1 saturated heterocycles. The molecule has 4 N–H and O–H groups in total. The molecule has 166 valence electrons. The maximum absolute atomic E-state index is 13.3. The Bertz CT molecular complexity index is 893. The average molecular weight is 429 g/mol. The number of anilines is 2. The van der Waals surface area contributed by atoms with Gasteiger partial charge in [-0.3, -0.25) is 9.59 Å². The van der Waals surface area contributed by atoms with Crippen molar-refractivity contribution in [1.29, 1.82) is 0 Å². The van der Waals surface area contributed by atoms with E-state index in [2.05, 4.69) is 36.6 Å². The standard InChI is InChI=1S/C24H31FN4O2/c1-17(2)19-7-9-21(10-8-19)27-24(31)18(3)29-13-11-28(12-14-29)16-23(30)26-22-6-4-5-20(25)15-22/h4-10,15,17-18H,11-14,16H2,1-3H3,(H,26,30)(H,27,31)/p+2/t18-/m0/s1. The van der Waals surface area contributed by atoms with E-state index in [0.29, 0.717) is 18.2 Å². The largest absolute Gasteiger partial charge is 0.321 e. The Morgan fingerprint density at radius 2 is 1.61 bits per heavy atom. The number of carbonyl (C=O) groups is 2. The smallest absolute Gasteiger partial charge is 0.282 e. The van der Waals surface area contributed by atoms with Crippen molar-refractivity contribution in [2.24, 2.45) is 0 Å². The van der Waals surface area contributed by atoms with E-state index < -0.39 is 0 Å². The van der Waals surface area contributed by atoms with E-state index in [1.807, 2.05) is 19.1 Å². The molecule has 1 heterocycles. The summed E-state index contributed by atoms with van der Waals surface area (Å²) in [7, 11) is 0. The van der Waals surface area contributed by atoms with Gasteiger partial charge in [-0.2, -0.15) is 0 Å². The molecule has 7 heteroatoms. The summed E-state index contributed by atoms with van der Waals surface area (Å²) in [4.78, 5) is 27.3. The third kappa shape index (κ3) is 6.60. The average Bonchev–Trinajstić information content (AvgIpc) is 2.74. The van der Waals surface area contributed by atoms with Gasteiger partial charge in [-0.1, -0.05) is 32.0 Å². The molecule has 6 nitrogen and oxygen atoms in total. The van der Waals surface area contributed by atoms with Gasteiger partial charge >= 0.3 is 0 Å². The van der Waals surface area contributed by atoms with E-state index in [1.165, 1.54) is 27.5 Å². The first-order valence-electron chi connectivity index (χ1n) is 11.0. The minimum absolute atomic E-state index is 0.0135. The molecule has 0 radical (unpaired) electrons. The molecule has 0 spiro atoms. The summed E-state index contributed by atoms with van der Waals surface area (Å²) in [6.45, 7) is 9.85. The molecule has 0 aromatic heterocycles. The van der Waals surface area contributed by atoms with Crippen LogP contribution in [0.15, 0.2) is 48.5 Å². The lowest BCUT2D eigenvalue weighted by atomic mass is 10.0. The number of rotatable bonds is 7. The Morgan fingerprint density at radius 1 is 0.935 bits per heavy atom. The highest BCUT2D eigenvalue weighted by Gasteiger charge is 2.31. The number of benzene rings is 2. The van der Waals surface area contributed by atoms with Gasteiger partial charge in [-0.05, 0) is 48.7 Å². The van der Waals surface area contributed by atoms with Gasteiger partial charge in [0.1, 0.15) is 32.0 Å². The number of quaternary nitrogens is 2. The molecule has 1 aliphatic heterocycles. The molecule has 0 bridgehead atoms. The van der Waals surface area contributed by atoms with Gasteiger partial charge in [-0.15, -0.1) is 0 Å². The van der Waals surface area contributed by atoms with Crippen molar-refractivity contribution >= 4 is 23.2 Å². The summed E-state index contributed by atoms with van der Waals surface area (Å²) in [5.41, 5.74) is 2.54. The van der Waals surface area contributed by atoms with Crippen LogP contribution >= 0.6 is 0 Å². The molecule has 31 heavy (non-hydrogen) atoms. The van der Waals surface area contributed by atoms with E-state index in [1.54, 1.807) is 12.1 Å². The van der Waals surface area contributed by atoms with Gasteiger partial charge in [-0.25, -0.2) is 4.39 Å². The summed E-state index contributed by atoms with van der Waals surface area (Å²) in [5, 5.41) is 5.77. The fourth-order valence-corrected chi connectivity index (χ4v) is 3.92. The van der Waals surface area contributed by atoms with Gasteiger partial charge in [0.25, 0.3) is 11.8 Å². The van der Waals surface area contributed by atoms with Crippen molar-refractivity contribution in [1.82, 2.24) is 0 Å². The lowest BCUT2D eigenvalue weighted by Crippen LogP contribution is -3.30. The second kappa shape index (κ2) is 10.5. The molecular formula is C24H33FN4O2+2. The third-order valence-electron chi connectivity index (χ3n) is 5.97. The normalized spacial score (nSPS) is 19.6. The van der Waals surface area contributed by atoms with E-state index in [9.17, 15) is 14.0 Å². The van der Waals surface area contributed by atoms with Gasteiger partial charge < -0.3 is 20.4 Å². The van der Waals surface area contributed by atoms with E-state index in [0.717, 1.165) is 31.9 Å². The summed E-state index contributed by atoms with van der Waals surface area (Å²) in [5.74, 6) is -0.0207. The maximum Gasteiger partial charge on any atom is 0.282 e. The van der Waals surface area contributed by atoms with Crippen LogP contribution in [0.5, 0.6) is 0 Å². The minimum atomic E-state index is -0.370. The zero-order valence-electron chi connectivity index (χ0n) is 18.5. The predicted molar refractivity (Wildman–Crippen MR) is 120 cm³/mol. The highest BCUT2D eigenvalue weighted by Crippen LogP contribution is 2.17. The molecular weight excluding hydrogens is 395 g/mol. The van der Waals surface area contributed by atoms with Crippen molar-refractivity contribution < 1.29 is 23.8 Å². The summed E-state index contributed by atoms with van der Waals surface area (Å²) >= 11 is 0. The number of halogens is 1. The van der Waals surface area contributed by atoms with Crippen LogP contribution in [0.3, 0.4) is 0 Å². The number of carbonyl (C=O) groups excluding carboxylic acids is 2. The van der Waals surface area contributed by atoms with Crippen LogP contribution in [0.4, 0.5) is 15.8 Å². The Hall–Kier alpha value is -2.77. The Morgan fingerprint density at radius 3 is 2.23 bits per heavy atom. The van der Waals surface area contributed by atoms with E-state index in [4.69, 9.17) is 0 Å². The second-order valence-corrected chi connectivity index (χ2v) is 8.63. The number of hydrogen-bond donors (Lipinski definition) is 4. The number of amides is 2. The van der Waals surface area contributed by atoms with Crippen LogP contribution in [0.25, 0.3) is 0 Å². The van der Waals surface area contributed by atoms with Crippen LogP contribution < -0.4 is 20.4 Å². The Labute approximate surface area is 183 Å². The molecule has 2 aromatic rings. The van der Waals surface area contributed by atoms with Crippen molar-refractivity contribution in [3.8, 4) is 0 Å². The Kier molecular flexibility index (Phi) is 7.76. The van der Waals surface area contributed by atoms with Crippen LogP contribution in [-0.2, 0) is 9.59 Å². The summed E-state index contributed by atoms with van der Waals surface area (Å²) in [6, 6.07) is 13.8. The predicted octanol–water partition coefficient (Wildman–Crippen LogP) is 0.698. The van der Waals surface area contributed by atoms with Crippen molar-refractivity contribution in [2.45, 2.75) is 32.7 Å². The molecule has 1 aliphatic rings. The van der Waals surface area contributed by atoms with Crippen molar-refractivity contribution in [3.05, 3.63) is 59.9 Å². The molecule has 0 saturated carbocycles. The zero-order chi connectivity index (χ0) is 22.4. The van der Waals surface area contributed by atoms with Crippen molar-refractivity contribution in [2.75, 3.05) is 43.4 Å². The minimum Gasteiger partial charge on any atom is -0.321 e. The fourth-order valence-electron chi connectivity index (χ4n) is 3.92. The number of piperazine rings is 1. The van der Waals surface area contributed by atoms with E-state index >= 15 is 0 Å². The summed E-state index contributed by atoms with van der Waals surface area (Å²) < 4.78 is 13.3. The summed E-state index contributed by atoms with van der Waals surface area (Å²) in [6.07, 6.45) is 0. The van der Waals surface area contributed by atoms with Crippen LogP contribution in [0.2, 0.25) is 0 Å². The maximum atomic E-state index is 13.3. The highest BCUT2D eigenvalue weighted by molar-refractivity contribution is 5.93. The highest BCUT2D eigenvalue weighted by atomic mass is 19.1. The van der Waals surface area contributed by atoms with Crippen LogP contribution in [0, 0.1) is 5.82 Å². The lowest BCUT2D eigenvalue weighted by molar-refractivity contribution is -1.01. The van der Waals surface area contributed by atoms with Gasteiger partial charge in [0, 0.05) is 11.4 Å².